The molecule has 0 bridgehead atoms. The Labute approximate surface area is 96.2 Å². The van der Waals surface area contributed by atoms with Crippen LogP contribution in [0.5, 0.6) is 0 Å². The number of aliphatic imine (C=N–C) groups is 1. The van der Waals surface area contributed by atoms with Gasteiger partial charge in [0.2, 0.25) is 0 Å². The van der Waals surface area contributed by atoms with E-state index in [1.165, 1.54) is 0 Å². The SMILES string of the molecule is NC1=NC(N)(c2ccc(Br)cc2)C=CN1. The Hall–Kier alpha value is -1.33. The zero-order valence-corrected chi connectivity index (χ0v) is 9.53. The van der Waals surface area contributed by atoms with Crippen molar-refractivity contribution in [3.8, 4) is 0 Å². The van der Waals surface area contributed by atoms with Crippen LogP contribution < -0.4 is 16.8 Å². The smallest absolute Gasteiger partial charge is 0.195 e. The van der Waals surface area contributed by atoms with Crippen LogP contribution in [-0.2, 0) is 5.66 Å². The maximum absolute atomic E-state index is 6.11. The summed E-state index contributed by atoms with van der Waals surface area (Å²) in [7, 11) is 0. The molecule has 0 spiro atoms. The summed E-state index contributed by atoms with van der Waals surface area (Å²) in [6.07, 6.45) is 3.47. The van der Waals surface area contributed by atoms with Gasteiger partial charge in [-0.2, -0.15) is 0 Å². The van der Waals surface area contributed by atoms with Gasteiger partial charge in [-0.15, -0.1) is 0 Å². The number of benzene rings is 1. The number of hydrogen-bond acceptors (Lipinski definition) is 4. The average molecular weight is 267 g/mol. The number of nitrogens with one attached hydrogen (secondary N) is 1. The van der Waals surface area contributed by atoms with Crippen molar-refractivity contribution >= 4 is 21.9 Å². The summed E-state index contributed by atoms with van der Waals surface area (Å²) in [4.78, 5) is 4.17. The molecule has 1 aliphatic heterocycles. The van der Waals surface area contributed by atoms with Crippen LogP contribution in [0, 0.1) is 0 Å². The first-order valence-corrected chi connectivity index (χ1v) is 5.24. The van der Waals surface area contributed by atoms with E-state index in [1.54, 1.807) is 12.3 Å². The van der Waals surface area contributed by atoms with E-state index in [-0.39, 0.29) is 0 Å². The fourth-order valence-corrected chi connectivity index (χ4v) is 1.66. The van der Waals surface area contributed by atoms with Gasteiger partial charge in [0.25, 0.3) is 0 Å². The molecule has 0 saturated heterocycles. The van der Waals surface area contributed by atoms with Crippen molar-refractivity contribution in [2.45, 2.75) is 5.66 Å². The quantitative estimate of drug-likeness (QED) is 0.710. The second-order valence-corrected chi connectivity index (χ2v) is 4.22. The van der Waals surface area contributed by atoms with Crippen molar-refractivity contribution in [3.05, 3.63) is 46.6 Å². The number of nitrogens with two attached hydrogens (primary N) is 2. The summed E-state index contributed by atoms with van der Waals surface area (Å²) in [5.41, 5.74) is 11.7. The van der Waals surface area contributed by atoms with E-state index < -0.39 is 5.66 Å². The molecule has 0 amide bonds. The van der Waals surface area contributed by atoms with E-state index in [1.807, 2.05) is 24.3 Å². The van der Waals surface area contributed by atoms with Gasteiger partial charge in [-0.25, -0.2) is 4.99 Å². The van der Waals surface area contributed by atoms with Crippen LogP contribution >= 0.6 is 15.9 Å². The van der Waals surface area contributed by atoms with Crippen molar-refractivity contribution in [2.24, 2.45) is 16.5 Å². The van der Waals surface area contributed by atoms with Gasteiger partial charge in [-0.05, 0) is 23.8 Å². The van der Waals surface area contributed by atoms with Crippen molar-refractivity contribution in [1.82, 2.24) is 5.32 Å². The molecule has 5 N–H and O–H groups in total. The predicted octanol–water partition coefficient (Wildman–Crippen LogP) is 0.992. The molecular formula is C10H11BrN4. The molecule has 15 heavy (non-hydrogen) atoms. The van der Waals surface area contributed by atoms with Crippen molar-refractivity contribution < 1.29 is 0 Å². The summed E-state index contributed by atoms with van der Waals surface area (Å²) in [5, 5.41) is 2.78. The Balaban J connectivity index is 2.41. The Bertz CT molecular complexity index is 424. The Kier molecular flexibility index (Phi) is 2.50. The highest BCUT2D eigenvalue weighted by molar-refractivity contribution is 9.10. The third-order valence-corrected chi connectivity index (χ3v) is 2.71. The lowest BCUT2D eigenvalue weighted by Gasteiger charge is -2.25. The lowest BCUT2D eigenvalue weighted by Crippen LogP contribution is -2.42. The van der Waals surface area contributed by atoms with Gasteiger partial charge >= 0.3 is 0 Å². The lowest BCUT2D eigenvalue weighted by atomic mass is 10.0. The van der Waals surface area contributed by atoms with E-state index in [4.69, 9.17) is 11.5 Å². The molecule has 0 radical (unpaired) electrons. The second-order valence-electron chi connectivity index (χ2n) is 3.31. The molecule has 1 aromatic rings. The van der Waals surface area contributed by atoms with Crippen LogP contribution in [0.4, 0.5) is 0 Å². The van der Waals surface area contributed by atoms with Gasteiger partial charge in [0.05, 0.1) is 0 Å². The van der Waals surface area contributed by atoms with E-state index in [2.05, 4.69) is 26.2 Å². The van der Waals surface area contributed by atoms with Gasteiger partial charge < -0.3 is 11.1 Å². The molecule has 0 fully saturated rings. The molecule has 5 heteroatoms. The van der Waals surface area contributed by atoms with Crippen LogP contribution in [0.1, 0.15) is 5.56 Å². The van der Waals surface area contributed by atoms with Gasteiger partial charge in [-0.3, -0.25) is 5.73 Å². The first-order valence-electron chi connectivity index (χ1n) is 4.45. The lowest BCUT2D eigenvalue weighted by molar-refractivity contribution is 0.581. The molecule has 2 rings (SSSR count). The first-order chi connectivity index (χ1) is 7.10. The first kappa shape index (κ1) is 10.2. The predicted molar refractivity (Wildman–Crippen MR) is 63.9 cm³/mol. The minimum Gasteiger partial charge on any atom is -0.370 e. The highest BCUT2D eigenvalue weighted by atomic mass is 79.9. The number of guanidine groups is 1. The molecule has 0 saturated carbocycles. The van der Waals surface area contributed by atoms with Gasteiger partial charge in [0.1, 0.15) is 0 Å². The van der Waals surface area contributed by atoms with Crippen molar-refractivity contribution in [1.29, 1.82) is 0 Å². The summed E-state index contributed by atoms with van der Waals surface area (Å²) in [5.74, 6) is 0.322. The largest absolute Gasteiger partial charge is 0.370 e. The fourth-order valence-electron chi connectivity index (χ4n) is 1.40. The minimum atomic E-state index is -0.865. The number of hydrogen-bond donors (Lipinski definition) is 3. The van der Waals surface area contributed by atoms with E-state index in [0.29, 0.717) is 5.96 Å². The van der Waals surface area contributed by atoms with Crippen LogP contribution in [0.15, 0.2) is 46.0 Å². The van der Waals surface area contributed by atoms with E-state index >= 15 is 0 Å². The Morgan fingerprint density at radius 1 is 1.27 bits per heavy atom. The van der Waals surface area contributed by atoms with Crippen LogP contribution in [0.3, 0.4) is 0 Å². The molecule has 4 nitrogen and oxygen atoms in total. The molecule has 1 atom stereocenters. The maximum Gasteiger partial charge on any atom is 0.195 e. The van der Waals surface area contributed by atoms with E-state index in [9.17, 15) is 0 Å². The van der Waals surface area contributed by atoms with Crippen LogP contribution in [0.2, 0.25) is 0 Å². The van der Waals surface area contributed by atoms with Gasteiger partial charge in [-0.1, -0.05) is 28.1 Å². The molecule has 1 unspecified atom stereocenters. The zero-order valence-electron chi connectivity index (χ0n) is 7.94. The molecule has 0 aliphatic carbocycles. The summed E-state index contributed by atoms with van der Waals surface area (Å²) in [6.45, 7) is 0. The normalized spacial score (nSPS) is 24.5. The highest BCUT2D eigenvalue weighted by Crippen LogP contribution is 2.24. The van der Waals surface area contributed by atoms with Crippen LogP contribution in [-0.4, -0.2) is 5.96 Å². The summed E-state index contributed by atoms with van der Waals surface area (Å²) < 4.78 is 1.00. The third kappa shape index (κ3) is 2.03. The average Bonchev–Trinajstić information content (AvgIpc) is 2.18. The standard InChI is InChI=1S/C10H11BrN4/c11-8-3-1-7(2-4-8)10(13)5-6-14-9(12)15-10/h1-6H,13H2,(H3,12,14,15). The van der Waals surface area contributed by atoms with Gasteiger partial charge in [0, 0.05) is 10.7 Å². The molecule has 1 heterocycles. The molecule has 1 aromatic carbocycles. The highest BCUT2D eigenvalue weighted by Gasteiger charge is 2.25. The third-order valence-electron chi connectivity index (χ3n) is 2.18. The zero-order chi connectivity index (χ0) is 10.9. The summed E-state index contributed by atoms with van der Waals surface area (Å²) in [6, 6.07) is 7.67. The molecule has 0 aromatic heterocycles. The fraction of sp³-hybridized carbons (Fsp3) is 0.100. The van der Waals surface area contributed by atoms with E-state index in [0.717, 1.165) is 10.0 Å². The van der Waals surface area contributed by atoms with Crippen molar-refractivity contribution in [2.75, 3.05) is 0 Å². The molecule has 78 valence electrons. The van der Waals surface area contributed by atoms with Gasteiger partial charge in [0.15, 0.2) is 11.6 Å². The number of halogens is 1. The minimum absolute atomic E-state index is 0.322. The van der Waals surface area contributed by atoms with Crippen LogP contribution in [0.25, 0.3) is 0 Å². The van der Waals surface area contributed by atoms with Crippen molar-refractivity contribution in [3.63, 3.8) is 0 Å². The second kappa shape index (κ2) is 3.67. The molecule has 1 aliphatic rings. The Morgan fingerprint density at radius 2 is 1.93 bits per heavy atom. The molecular weight excluding hydrogens is 256 g/mol. The topological polar surface area (TPSA) is 76.4 Å². The number of nitrogens with zero attached hydrogens (tertiary/aromatic N) is 1. The Morgan fingerprint density at radius 3 is 2.53 bits per heavy atom. The number of rotatable bonds is 1. The monoisotopic (exact) mass is 266 g/mol. The maximum atomic E-state index is 6.11. The summed E-state index contributed by atoms with van der Waals surface area (Å²) >= 11 is 3.37.